The van der Waals surface area contributed by atoms with E-state index in [0.29, 0.717) is 22.8 Å². The van der Waals surface area contributed by atoms with Gasteiger partial charge in [-0.15, -0.1) is 0 Å². The molecule has 0 saturated heterocycles. The molecule has 34 heavy (non-hydrogen) atoms. The van der Waals surface area contributed by atoms with Crippen LogP contribution in [-0.4, -0.2) is 23.5 Å². The average molecular weight is 455 g/mol. The molecule has 0 aliphatic carbocycles. The number of rotatable bonds is 5. The molecule has 172 valence electrons. The van der Waals surface area contributed by atoms with E-state index in [2.05, 4.69) is 5.32 Å². The molecular weight excluding hydrogens is 428 g/mol. The van der Waals surface area contributed by atoms with E-state index < -0.39 is 0 Å². The van der Waals surface area contributed by atoms with Gasteiger partial charge in [-0.3, -0.25) is 14.5 Å². The summed E-state index contributed by atoms with van der Waals surface area (Å²) in [4.78, 5) is 28.6. The molecule has 6 heteroatoms. The van der Waals surface area contributed by atoms with Crippen LogP contribution >= 0.6 is 0 Å². The third kappa shape index (κ3) is 3.81. The lowest BCUT2D eigenvalue weighted by atomic mass is 9.97. The molecule has 0 bridgehead atoms. The molecule has 0 radical (unpaired) electrons. The average Bonchev–Trinajstić information content (AvgIpc) is 3.34. The van der Waals surface area contributed by atoms with Gasteiger partial charge in [-0.25, -0.2) is 0 Å². The molecular formula is C28H26N2O4. The smallest absolute Gasteiger partial charge is 0.278 e. The minimum absolute atomic E-state index is 0.140. The lowest BCUT2D eigenvalue weighted by Gasteiger charge is -2.16. The summed E-state index contributed by atoms with van der Waals surface area (Å²) >= 11 is 0. The van der Waals surface area contributed by atoms with Crippen molar-refractivity contribution in [3.05, 3.63) is 93.7 Å². The Balaban J connectivity index is 1.55. The first-order valence-electron chi connectivity index (χ1n) is 11.2. The van der Waals surface area contributed by atoms with Crippen molar-refractivity contribution in [2.24, 2.45) is 0 Å². The van der Waals surface area contributed by atoms with E-state index >= 15 is 0 Å². The molecule has 0 atom stereocenters. The Kier molecular flexibility index (Phi) is 5.36. The molecule has 3 aromatic carbocycles. The van der Waals surface area contributed by atoms with E-state index in [1.165, 1.54) is 4.90 Å². The molecule has 6 nitrogen and oxygen atoms in total. The van der Waals surface area contributed by atoms with Gasteiger partial charge < -0.3 is 14.8 Å². The van der Waals surface area contributed by atoms with E-state index in [1.54, 1.807) is 6.07 Å². The fraction of sp³-hybridized carbons (Fsp3) is 0.214. The van der Waals surface area contributed by atoms with E-state index in [9.17, 15) is 9.59 Å². The summed E-state index contributed by atoms with van der Waals surface area (Å²) in [6, 6.07) is 17.3. The highest BCUT2D eigenvalue weighted by Gasteiger charge is 2.40. The van der Waals surface area contributed by atoms with Crippen molar-refractivity contribution in [3.63, 3.8) is 0 Å². The number of amides is 2. The molecule has 2 heterocycles. The molecule has 5 rings (SSSR count). The molecule has 1 N–H and O–H groups in total. The zero-order valence-corrected chi connectivity index (χ0v) is 19.7. The number of anilines is 1. The maximum atomic E-state index is 13.7. The van der Waals surface area contributed by atoms with E-state index in [0.717, 1.165) is 39.1 Å². The maximum absolute atomic E-state index is 13.7. The summed E-state index contributed by atoms with van der Waals surface area (Å²) in [7, 11) is 0. The summed E-state index contributed by atoms with van der Waals surface area (Å²) in [6.07, 6.45) is 0. The fourth-order valence-electron chi connectivity index (χ4n) is 4.49. The van der Waals surface area contributed by atoms with E-state index in [1.807, 2.05) is 76.2 Å². The molecule has 3 aromatic rings. The maximum Gasteiger partial charge on any atom is 0.278 e. The molecule has 2 aliphatic rings. The summed E-state index contributed by atoms with van der Waals surface area (Å²) in [5.74, 6) is 0.612. The monoisotopic (exact) mass is 454 g/mol. The van der Waals surface area contributed by atoms with Crippen molar-refractivity contribution < 1.29 is 19.1 Å². The number of benzene rings is 3. The minimum Gasteiger partial charge on any atom is -0.454 e. The summed E-state index contributed by atoms with van der Waals surface area (Å²) in [5.41, 5.74) is 7.21. The Morgan fingerprint density at radius 2 is 1.50 bits per heavy atom. The van der Waals surface area contributed by atoms with Gasteiger partial charge in [0.25, 0.3) is 11.8 Å². The van der Waals surface area contributed by atoms with Gasteiger partial charge in [-0.05, 0) is 68.1 Å². The van der Waals surface area contributed by atoms with Gasteiger partial charge in [0.2, 0.25) is 6.79 Å². The van der Waals surface area contributed by atoms with Gasteiger partial charge in [0.05, 0.1) is 12.1 Å². The summed E-state index contributed by atoms with van der Waals surface area (Å²) in [6.45, 7) is 8.28. The highest BCUT2D eigenvalue weighted by molar-refractivity contribution is 6.36. The third-order valence-corrected chi connectivity index (χ3v) is 6.24. The topological polar surface area (TPSA) is 67.9 Å². The van der Waals surface area contributed by atoms with Gasteiger partial charge in [-0.2, -0.15) is 0 Å². The SMILES string of the molecule is Cc1ccc(NC2=C(c3ccc(C)cc3C)C(=O)N(Cc3ccc4c(c3)OCO4)C2=O)c(C)c1. The fourth-order valence-corrected chi connectivity index (χ4v) is 4.49. The number of imide groups is 1. The van der Waals surface area contributed by atoms with Crippen molar-refractivity contribution in [3.8, 4) is 11.5 Å². The largest absolute Gasteiger partial charge is 0.454 e. The second-order valence-corrected chi connectivity index (χ2v) is 8.90. The lowest BCUT2D eigenvalue weighted by molar-refractivity contribution is -0.137. The Labute approximate surface area is 198 Å². The molecule has 0 saturated carbocycles. The Hall–Kier alpha value is -4.06. The normalized spacial score (nSPS) is 14.9. The molecule has 0 aromatic heterocycles. The van der Waals surface area contributed by atoms with Gasteiger partial charge in [0.15, 0.2) is 11.5 Å². The first-order valence-corrected chi connectivity index (χ1v) is 11.2. The van der Waals surface area contributed by atoms with Gasteiger partial charge in [0.1, 0.15) is 5.70 Å². The second kappa shape index (κ2) is 8.37. The molecule has 0 spiro atoms. The molecule has 0 unspecified atom stereocenters. The van der Waals surface area contributed by atoms with E-state index in [-0.39, 0.29) is 25.2 Å². The van der Waals surface area contributed by atoms with Crippen LogP contribution in [0.25, 0.3) is 5.57 Å². The Bertz CT molecular complexity index is 1370. The van der Waals surface area contributed by atoms with Crippen LogP contribution in [0.15, 0.2) is 60.3 Å². The van der Waals surface area contributed by atoms with Crippen LogP contribution in [0.1, 0.15) is 33.4 Å². The van der Waals surface area contributed by atoms with Gasteiger partial charge >= 0.3 is 0 Å². The number of fused-ring (bicyclic) bond motifs is 1. The number of aryl methyl sites for hydroxylation is 4. The first kappa shape index (κ1) is 21.8. The van der Waals surface area contributed by atoms with Crippen LogP contribution in [0.4, 0.5) is 5.69 Å². The van der Waals surface area contributed by atoms with Crippen LogP contribution in [0, 0.1) is 27.7 Å². The van der Waals surface area contributed by atoms with Crippen molar-refractivity contribution >= 4 is 23.1 Å². The van der Waals surface area contributed by atoms with Crippen molar-refractivity contribution in [1.29, 1.82) is 0 Å². The molecule has 2 aliphatic heterocycles. The van der Waals surface area contributed by atoms with Crippen LogP contribution in [0.5, 0.6) is 11.5 Å². The third-order valence-electron chi connectivity index (χ3n) is 6.24. The minimum atomic E-state index is -0.349. The number of hydrogen-bond donors (Lipinski definition) is 1. The second-order valence-electron chi connectivity index (χ2n) is 8.90. The highest BCUT2D eigenvalue weighted by atomic mass is 16.7. The van der Waals surface area contributed by atoms with Crippen molar-refractivity contribution in [1.82, 2.24) is 4.90 Å². The standard InChI is InChI=1S/C28H26N2O4/c1-16-5-8-21(18(3)11-16)25-26(29-22-9-6-17(2)12-19(22)4)28(32)30(27(25)31)14-20-7-10-23-24(13-20)34-15-33-23/h5-13,29H,14-15H2,1-4H3. The number of nitrogens with zero attached hydrogens (tertiary/aromatic N) is 1. The number of carbonyl (C=O) groups is 2. The van der Waals surface area contributed by atoms with Crippen LogP contribution in [0.3, 0.4) is 0 Å². The zero-order valence-electron chi connectivity index (χ0n) is 19.7. The van der Waals surface area contributed by atoms with Crippen molar-refractivity contribution in [2.75, 3.05) is 12.1 Å². The van der Waals surface area contributed by atoms with Gasteiger partial charge in [-0.1, -0.05) is 47.5 Å². The molecule has 0 fully saturated rings. The van der Waals surface area contributed by atoms with Crippen LogP contribution < -0.4 is 14.8 Å². The van der Waals surface area contributed by atoms with Crippen molar-refractivity contribution in [2.45, 2.75) is 34.2 Å². The number of hydrogen-bond acceptors (Lipinski definition) is 5. The summed E-state index contributed by atoms with van der Waals surface area (Å²) < 4.78 is 10.8. The Morgan fingerprint density at radius 1 is 0.794 bits per heavy atom. The quantitative estimate of drug-likeness (QED) is 0.547. The molecule has 2 amide bonds. The Morgan fingerprint density at radius 3 is 2.24 bits per heavy atom. The number of carbonyl (C=O) groups excluding carboxylic acids is 2. The van der Waals surface area contributed by atoms with Crippen LogP contribution in [0.2, 0.25) is 0 Å². The summed E-state index contributed by atoms with van der Waals surface area (Å²) in [5, 5.41) is 3.29. The number of ether oxygens (including phenoxy) is 2. The zero-order chi connectivity index (χ0) is 24.0. The lowest BCUT2D eigenvalue weighted by Crippen LogP contribution is -2.32. The first-order chi connectivity index (χ1) is 16.3. The highest BCUT2D eigenvalue weighted by Crippen LogP contribution is 2.36. The number of nitrogens with one attached hydrogen (secondary N) is 1. The van der Waals surface area contributed by atoms with E-state index in [4.69, 9.17) is 9.47 Å². The predicted molar refractivity (Wildman–Crippen MR) is 130 cm³/mol. The van der Waals surface area contributed by atoms with Crippen LogP contribution in [-0.2, 0) is 16.1 Å². The van der Waals surface area contributed by atoms with Gasteiger partial charge in [0, 0.05) is 5.69 Å². The predicted octanol–water partition coefficient (Wildman–Crippen LogP) is 5.04.